The standard InChI is InChI=1S/C20H25N3O2/c1-15-7-6-8-16(2)20(15)25-14-19(24)22-17-9-10-18(21-13-17)23-11-4-3-5-12-23/h6-10,13H,3-5,11-12,14H2,1-2H3,(H,22,24). The molecule has 1 saturated heterocycles. The van der Waals surface area contributed by atoms with E-state index in [1.165, 1.54) is 19.3 Å². The highest BCUT2D eigenvalue weighted by Crippen LogP contribution is 2.22. The molecule has 2 aromatic rings. The fourth-order valence-electron chi connectivity index (χ4n) is 3.13. The second kappa shape index (κ2) is 8.01. The molecule has 1 fully saturated rings. The summed E-state index contributed by atoms with van der Waals surface area (Å²) < 4.78 is 5.68. The third-order valence-electron chi connectivity index (χ3n) is 4.47. The van der Waals surface area contributed by atoms with Crippen molar-refractivity contribution in [2.24, 2.45) is 0 Å². The lowest BCUT2D eigenvalue weighted by atomic mass is 10.1. The quantitative estimate of drug-likeness (QED) is 0.902. The van der Waals surface area contributed by atoms with Gasteiger partial charge in [0.2, 0.25) is 0 Å². The van der Waals surface area contributed by atoms with Gasteiger partial charge in [0.1, 0.15) is 11.6 Å². The molecular weight excluding hydrogens is 314 g/mol. The molecule has 1 aliphatic rings. The predicted molar refractivity (Wildman–Crippen MR) is 100 cm³/mol. The van der Waals surface area contributed by atoms with Crippen LogP contribution in [0.2, 0.25) is 0 Å². The first-order chi connectivity index (χ1) is 12.1. The summed E-state index contributed by atoms with van der Waals surface area (Å²) in [4.78, 5) is 18.9. The molecule has 0 spiro atoms. The largest absolute Gasteiger partial charge is 0.483 e. The van der Waals surface area contributed by atoms with Gasteiger partial charge in [-0.25, -0.2) is 4.98 Å². The molecule has 0 unspecified atom stereocenters. The molecule has 132 valence electrons. The Morgan fingerprint density at radius 2 is 1.84 bits per heavy atom. The van der Waals surface area contributed by atoms with Gasteiger partial charge >= 0.3 is 0 Å². The van der Waals surface area contributed by atoms with Crippen LogP contribution in [0.25, 0.3) is 0 Å². The Hall–Kier alpha value is -2.56. The number of nitrogens with one attached hydrogen (secondary N) is 1. The third-order valence-corrected chi connectivity index (χ3v) is 4.47. The highest BCUT2D eigenvalue weighted by molar-refractivity contribution is 5.91. The van der Waals surface area contributed by atoms with Crippen LogP contribution in [0.15, 0.2) is 36.5 Å². The highest BCUT2D eigenvalue weighted by Gasteiger charge is 2.12. The number of ether oxygens (including phenoxy) is 1. The lowest BCUT2D eigenvalue weighted by molar-refractivity contribution is -0.118. The van der Waals surface area contributed by atoms with Gasteiger partial charge in [-0.1, -0.05) is 18.2 Å². The Kier molecular flexibility index (Phi) is 5.53. The van der Waals surface area contributed by atoms with Gasteiger partial charge in [-0.3, -0.25) is 4.79 Å². The number of aryl methyl sites for hydroxylation is 2. The summed E-state index contributed by atoms with van der Waals surface area (Å²) in [7, 11) is 0. The van der Waals surface area contributed by atoms with Crippen molar-refractivity contribution >= 4 is 17.4 Å². The molecule has 1 aromatic heterocycles. The van der Waals surface area contributed by atoms with Crippen molar-refractivity contribution in [3.63, 3.8) is 0 Å². The van der Waals surface area contributed by atoms with Gasteiger partial charge in [0.25, 0.3) is 5.91 Å². The first-order valence-electron chi connectivity index (χ1n) is 8.83. The van der Waals surface area contributed by atoms with E-state index in [4.69, 9.17) is 4.74 Å². The third kappa shape index (κ3) is 4.50. The first-order valence-corrected chi connectivity index (χ1v) is 8.83. The summed E-state index contributed by atoms with van der Waals surface area (Å²) >= 11 is 0. The molecule has 3 rings (SSSR count). The molecule has 1 aliphatic heterocycles. The van der Waals surface area contributed by atoms with Crippen LogP contribution in [-0.2, 0) is 4.79 Å². The normalized spacial score (nSPS) is 14.2. The molecular formula is C20H25N3O2. The van der Waals surface area contributed by atoms with E-state index in [0.29, 0.717) is 5.69 Å². The van der Waals surface area contributed by atoms with Crippen LogP contribution < -0.4 is 15.0 Å². The maximum atomic E-state index is 12.1. The second-order valence-electron chi connectivity index (χ2n) is 6.51. The Labute approximate surface area is 149 Å². The average Bonchev–Trinajstić information content (AvgIpc) is 2.63. The smallest absolute Gasteiger partial charge is 0.262 e. The van der Waals surface area contributed by atoms with Crippen LogP contribution in [0.1, 0.15) is 30.4 Å². The van der Waals surface area contributed by atoms with Crippen LogP contribution in [0.5, 0.6) is 5.75 Å². The zero-order valence-corrected chi connectivity index (χ0v) is 14.9. The number of hydrogen-bond donors (Lipinski definition) is 1. The highest BCUT2D eigenvalue weighted by atomic mass is 16.5. The monoisotopic (exact) mass is 339 g/mol. The fourth-order valence-corrected chi connectivity index (χ4v) is 3.13. The predicted octanol–water partition coefficient (Wildman–Crippen LogP) is 3.71. The van der Waals surface area contributed by atoms with Crippen LogP contribution in [0.4, 0.5) is 11.5 Å². The number of benzene rings is 1. The van der Waals surface area contributed by atoms with Crippen LogP contribution >= 0.6 is 0 Å². The number of aromatic nitrogens is 1. The maximum Gasteiger partial charge on any atom is 0.262 e. The number of nitrogens with zero attached hydrogens (tertiary/aromatic N) is 2. The Morgan fingerprint density at radius 1 is 1.12 bits per heavy atom. The summed E-state index contributed by atoms with van der Waals surface area (Å²) in [5.74, 6) is 1.57. The van der Waals surface area contributed by atoms with E-state index < -0.39 is 0 Å². The zero-order chi connectivity index (χ0) is 17.6. The van der Waals surface area contributed by atoms with Gasteiger partial charge in [-0.05, 0) is 56.4 Å². The number of rotatable bonds is 5. The topological polar surface area (TPSA) is 54.5 Å². The first kappa shape index (κ1) is 17.3. The molecule has 25 heavy (non-hydrogen) atoms. The zero-order valence-electron chi connectivity index (χ0n) is 14.9. The SMILES string of the molecule is Cc1cccc(C)c1OCC(=O)Nc1ccc(N2CCCCC2)nc1. The maximum absolute atomic E-state index is 12.1. The molecule has 0 saturated carbocycles. The molecule has 5 heteroatoms. The number of piperidine rings is 1. The van der Waals surface area contributed by atoms with Gasteiger partial charge < -0.3 is 15.0 Å². The summed E-state index contributed by atoms with van der Waals surface area (Å²) in [6.45, 7) is 6.05. The van der Waals surface area contributed by atoms with E-state index in [-0.39, 0.29) is 12.5 Å². The van der Waals surface area contributed by atoms with Crippen molar-refractivity contribution in [1.29, 1.82) is 0 Å². The van der Waals surface area contributed by atoms with E-state index >= 15 is 0 Å². The van der Waals surface area contributed by atoms with E-state index in [9.17, 15) is 4.79 Å². The number of para-hydroxylation sites is 1. The summed E-state index contributed by atoms with van der Waals surface area (Å²) in [5.41, 5.74) is 2.75. The molecule has 1 aromatic carbocycles. The van der Waals surface area contributed by atoms with Crippen molar-refractivity contribution in [1.82, 2.24) is 4.98 Å². The van der Waals surface area contributed by atoms with Gasteiger partial charge in [0, 0.05) is 13.1 Å². The molecule has 0 aliphatic carbocycles. The van der Waals surface area contributed by atoms with E-state index in [1.54, 1.807) is 6.20 Å². The van der Waals surface area contributed by atoms with Gasteiger partial charge in [0.05, 0.1) is 11.9 Å². The lowest BCUT2D eigenvalue weighted by Gasteiger charge is -2.27. The molecule has 5 nitrogen and oxygen atoms in total. The molecule has 1 N–H and O–H groups in total. The minimum Gasteiger partial charge on any atom is -0.483 e. The number of hydrogen-bond acceptors (Lipinski definition) is 4. The lowest BCUT2D eigenvalue weighted by Crippen LogP contribution is -2.30. The van der Waals surface area contributed by atoms with Gasteiger partial charge in [0.15, 0.2) is 6.61 Å². The molecule has 0 atom stereocenters. The fraction of sp³-hybridized carbons (Fsp3) is 0.400. The van der Waals surface area contributed by atoms with Crippen molar-refractivity contribution in [3.8, 4) is 5.75 Å². The average molecular weight is 339 g/mol. The van der Waals surface area contributed by atoms with Crippen molar-refractivity contribution < 1.29 is 9.53 Å². The minimum atomic E-state index is -0.185. The van der Waals surface area contributed by atoms with Crippen molar-refractivity contribution in [2.45, 2.75) is 33.1 Å². The number of pyridine rings is 1. The summed E-state index contributed by atoms with van der Waals surface area (Å²) in [5, 5.41) is 2.84. The van der Waals surface area contributed by atoms with Crippen molar-refractivity contribution in [2.75, 3.05) is 29.9 Å². The summed E-state index contributed by atoms with van der Waals surface area (Å²) in [6.07, 6.45) is 5.44. The van der Waals surface area contributed by atoms with E-state index in [1.807, 2.05) is 44.2 Å². The van der Waals surface area contributed by atoms with Crippen LogP contribution in [0.3, 0.4) is 0 Å². The van der Waals surface area contributed by atoms with Crippen LogP contribution in [-0.4, -0.2) is 30.6 Å². The molecule has 1 amide bonds. The Bertz CT molecular complexity index is 702. The number of amides is 1. The van der Waals surface area contributed by atoms with Crippen LogP contribution in [0, 0.1) is 13.8 Å². The molecule has 0 bridgehead atoms. The summed E-state index contributed by atoms with van der Waals surface area (Å²) in [6, 6.07) is 9.79. The Balaban J connectivity index is 1.54. The Morgan fingerprint density at radius 3 is 2.48 bits per heavy atom. The number of carbonyl (C=O) groups is 1. The minimum absolute atomic E-state index is 0.0143. The second-order valence-corrected chi connectivity index (χ2v) is 6.51. The molecule has 0 radical (unpaired) electrons. The number of carbonyl (C=O) groups excluding carboxylic acids is 1. The number of anilines is 2. The van der Waals surface area contributed by atoms with Crippen molar-refractivity contribution in [3.05, 3.63) is 47.7 Å². The van der Waals surface area contributed by atoms with E-state index in [2.05, 4.69) is 15.2 Å². The molecule has 2 heterocycles. The van der Waals surface area contributed by atoms with Gasteiger partial charge in [-0.15, -0.1) is 0 Å². The van der Waals surface area contributed by atoms with Gasteiger partial charge in [-0.2, -0.15) is 0 Å². The van der Waals surface area contributed by atoms with E-state index in [0.717, 1.165) is 35.8 Å².